The number of H-pyrrole nitrogens is 1. The van der Waals surface area contributed by atoms with E-state index in [9.17, 15) is 0 Å². The molecule has 0 saturated heterocycles. The third-order valence-corrected chi connectivity index (χ3v) is 4.24. The van der Waals surface area contributed by atoms with E-state index >= 15 is 0 Å². The van der Waals surface area contributed by atoms with Crippen LogP contribution in [0.1, 0.15) is 12.0 Å². The zero-order valence-electron chi connectivity index (χ0n) is 14.0. The maximum Gasteiger partial charge on any atom is 0.138 e. The minimum atomic E-state index is 0.721. The maximum absolute atomic E-state index is 5.85. The lowest BCUT2D eigenvalue weighted by Crippen LogP contribution is -1.99. The second-order valence-electron chi connectivity index (χ2n) is 6.06. The number of hydrogen-bond donors (Lipinski definition) is 1. The van der Waals surface area contributed by atoms with Crippen molar-refractivity contribution in [3.05, 3.63) is 84.4 Å². The van der Waals surface area contributed by atoms with E-state index in [1.165, 1.54) is 5.56 Å². The summed E-state index contributed by atoms with van der Waals surface area (Å²) in [5.41, 5.74) is 4.46. The number of hydrogen-bond acceptors (Lipinski definition) is 2. The van der Waals surface area contributed by atoms with Gasteiger partial charge in [-0.05, 0) is 54.8 Å². The van der Waals surface area contributed by atoms with Gasteiger partial charge < -0.3 is 9.72 Å². The van der Waals surface area contributed by atoms with Gasteiger partial charge in [-0.25, -0.2) is 4.98 Å². The highest BCUT2D eigenvalue weighted by molar-refractivity contribution is 5.79. The monoisotopic (exact) mass is 328 g/mol. The molecule has 1 N–H and O–H groups in total. The molecule has 25 heavy (non-hydrogen) atoms. The van der Waals surface area contributed by atoms with Crippen molar-refractivity contribution < 1.29 is 4.74 Å². The van der Waals surface area contributed by atoms with E-state index in [-0.39, 0.29) is 0 Å². The molecule has 1 heterocycles. The third-order valence-electron chi connectivity index (χ3n) is 4.24. The van der Waals surface area contributed by atoms with E-state index in [0.717, 1.165) is 47.6 Å². The average Bonchev–Trinajstić information content (AvgIpc) is 3.11. The van der Waals surface area contributed by atoms with Crippen molar-refractivity contribution in [2.75, 3.05) is 6.61 Å². The molecule has 0 atom stereocenters. The van der Waals surface area contributed by atoms with E-state index in [2.05, 4.69) is 34.2 Å². The quantitative estimate of drug-likeness (QED) is 0.491. The summed E-state index contributed by atoms with van der Waals surface area (Å²) >= 11 is 0. The number of imidazole rings is 1. The Morgan fingerprint density at radius 3 is 2.36 bits per heavy atom. The SMILES string of the molecule is c1ccc(CCCOc2ccc(-c3nc4ccccc4[nH]3)cc2)cc1. The van der Waals surface area contributed by atoms with Crippen LogP contribution in [0.3, 0.4) is 0 Å². The zero-order chi connectivity index (χ0) is 16.9. The van der Waals surface area contributed by atoms with Crippen molar-refractivity contribution in [1.82, 2.24) is 9.97 Å². The summed E-state index contributed by atoms with van der Waals surface area (Å²) in [5, 5.41) is 0. The summed E-state index contributed by atoms with van der Waals surface area (Å²) < 4.78 is 5.85. The fraction of sp³-hybridized carbons (Fsp3) is 0.136. The summed E-state index contributed by atoms with van der Waals surface area (Å²) in [6.07, 6.45) is 2.05. The Balaban J connectivity index is 1.35. The largest absolute Gasteiger partial charge is 0.494 e. The molecule has 0 unspecified atom stereocenters. The third kappa shape index (κ3) is 3.72. The molecule has 0 radical (unpaired) electrons. The molecule has 4 rings (SSSR count). The standard InChI is InChI=1S/C22H20N2O/c1-2-7-17(8-3-1)9-6-16-25-19-14-12-18(13-15-19)22-23-20-10-4-5-11-21(20)24-22/h1-5,7-8,10-15H,6,9,16H2,(H,23,24). The molecule has 0 fully saturated rings. The number of nitrogens with zero attached hydrogens (tertiary/aromatic N) is 1. The van der Waals surface area contributed by atoms with E-state index in [0.29, 0.717) is 0 Å². The normalized spacial score (nSPS) is 10.9. The number of aromatic nitrogens is 2. The molecule has 3 heteroatoms. The number of rotatable bonds is 6. The van der Waals surface area contributed by atoms with Crippen molar-refractivity contribution >= 4 is 11.0 Å². The number of para-hydroxylation sites is 2. The van der Waals surface area contributed by atoms with Gasteiger partial charge in [-0.1, -0.05) is 42.5 Å². The van der Waals surface area contributed by atoms with Crippen molar-refractivity contribution in [3.63, 3.8) is 0 Å². The second-order valence-corrected chi connectivity index (χ2v) is 6.06. The van der Waals surface area contributed by atoms with Crippen LogP contribution in [-0.2, 0) is 6.42 Å². The van der Waals surface area contributed by atoms with Crippen molar-refractivity contribution in [2.24, 2.45) is 0 Å². The summed E-state index contributed by atoms with van der Waals surface area (Å²) in [7, 11) is 0. The lowest BCUT2D eigenvalue weighted by Gasteiger charge is -2.07. The summed E-state index contributed by atoms with van der Waals surface area (Å²) in [5.74, 6) is 1.78. The second kappa shape index (κ2) is 7.22. The minimum absolute atomic E-state index is 0.721. The van der Waals surface area contributed by atoms with Gasteiger partial charge in [-0.2, -0.15) is 0 Å². The molecule has 0 aliphatic heterocycles. The molecule has 3 aromatic carbocycles. The Labute approximate surface area is 147 Å². The van der Waals surface area contributed by atoms with Crippen LogP contribution >= 0.6 is 0 Å². The Morgan fingerprint density at radius 2 is 1.56 bits per heavy atom. The van der Waals surface area contributed by atoms with Crippen LogP contribution in [0.2, 0.25) is 0 Å². The van der Waals surface area contributed by atoms with Gasteiger partial charge in [0.25, 0.3) is 0 Å². The van der Waals surface area contributed by atoms with Gasteiger partial charge >= 0.3 is 0 Å². The molecule has 1 aromatic heterocycles. The highest BCUT2D eigenvalue weighted by Crippen LogP contribution is 2.22. The number of ether oxygens (including phenoxy) is 1. The average molecular weight is 328 g/mol. The Bertz CT molecular complexity index is 910. The number of nitrogens with one attached hydrogen (secondary N) is 1. The van der Waals surface area contributed by atoms with Crippen molar-refractivity contribution in [1.29, 1.82) is 0 Å². The topological polar surface area (TPSA) is 37.9 Å². The van der Waals surface area contributed by atoms with E-state index < -0.39 is 0 Å². The highest BCUT2D eigenvalue weighted by Gasteiger charge is 2.05. The lowest BCUT2D eigenvalue weighted by molar-refractivity contribution is 0.311. The Hall–Kier alpha value is -3.07. The number of fused-ring (bicyclic) bond motifs is 1. The van der Waals surface area contributed by atoms with Crippen LogP contribution < -0.4 is 4.74 Å². The van der Waals surface area contributed by atoms with Crippen molar-refractivity contribution in [2.45, 2.75) is 12.8 Å². The predicted octanol–water partition coefficient (Wildman–Crippen LogP) is 5.24. The molecule has 0 aliphatic rings. The highest BCUT2D eigenvalue weighted by atomic mass is 16.5. The first-order valence-corrected chi connectivity index (χ1v) is 8.60. The van der Waals surface area contributed by atoms with Crippen LogP contribution in [0.4, 0.5) is 0 Å². The Morgan fingerprint density at radius 1 is 0.800 bits per heavy atom. The fourth-order valence-corrected chi connectivity index (χ4v) is 2.91. The first-order valence-electron chi connectivity index (χ1n) is 8.60. The zero-order valence-corrected chi connectivity index (χ0v) is 14.0. The number of aromatic amines is 1. The predicted molar refractivity (Wildman–Crippen MR) is 102 cm³/mol. The molecule has 0 saturated carbocycles. The van der Waals surface area contributed by atoms with Crippen molar-refractivity contribution in [3.8, 4) is 17.1 Å². The molecule has 4 aromatic rings. The minimum Gasteiger partial charge on any atom is -0.494 e. The molecular weight excluding hydrogens is 308 g/mol. The molecule has 3 nitrogen and oxygen atoms in total. The Kier molecular flexibility index (Phi) is 4.46. The van der Waals surface area contributed by atoms with Crippen LogP contribution in [0.15, 0.2) is 78.9 Å². The molecule has 124 valence electrons. The molecular formula is C22H20N2O. The summed E-state index contributed by atoms with van der Waals surface area (Å²) in [4.78, 5) is 7.98. The summed E-state index contributed by atoms with van der Waals surface area (Å²) in [6.45, 7) is 0.721. The van der Waals surface area contributed by atoms with Gasteiger partial charge in [-0.15, -0.1) is 0 Å². The number of benzene rings is 3. The van der Waals surface area contributed by atoms with Crippen LogP contribution in [0.5, 0.6) is 5.75 Å². The van der Waals surface area contributed by atoms with E-state index in [1.54, 1.807) is 0 Å². The molecule has 0 spiro atoms. The number of aryl methyl sites for hydroxylation is 1. The molecule has 0 amide bonds. The first-order chi connectivity index (χ1) is 12.4. The fourth-order valence-electron chi connectivity index (χ4n) is 2.91. The summed E-state index contributed by atoms with van der Waals surface area (Å²) in [6, 6.07) is 26.7. The smallest absolute Gasteiger partial charge is 0.138 e. The van der Waals surface area contributed by atoms with Gasteiger partial charge in [0.05, 0.1) is 17.6 Å². The van der Waals surface area contributed by atoms with Gasteiger partial charge in [0.2, 0.25) is 0 Å². The van der Waals surface area contributed by atoms with Gasteiger partial charge in [0, 0.05) is 5.56 Å². The lowest BCUT2D eigenvalue weighted by atomic mass is 10.1. The van der Waals surface area contributed by atoms with Crippen LogP contribution in [0, 0.1) is 0 Å². The van der Waals surface area contributed by atoms with Crippen LogP contribution in [0.25, 0.3) is 22.4 Å². The van der Waals surface area contributed by atoms with Crippen LogP contribution in [-0.4, -0.2) is 16.6 Å². The molecule has 0 bridgehead atoms. The van der Waals surface area contributed by atoms with E-state index in [1.807, 2.05) is 54.6 Å². The van der Waals surface area contributed by atoms with Gasteiger partial charge in [0.1, 0.15) is 11.6 Å². The van der Waals surface area contributed by atoms with Gasteiger partial charge in [-0.3, -0.25) is 0 Å². The maximum atomic E-state index is 5.85. The van der Waals surface area contributed by atoms with E-state index in [4.69, 9.17) is 4.74 Å². The molecule has 0 aliphatic carbocycles. The first kappa shape index (κ1) is 15.5. The van der Waals surface area contributed by atoms with Gasteiger partial charge in [0.15, 0.2) is 0 Å².